The maximum atomic E-state index is 12.1. The lowest BCUT2D eigenvalue weighted by Gasteiger charge is -2.28. The third-order valence-corrected chi connectivity index (χ3v) is 5.22. The maximum Gasteiger partial charge on any atom is 0.280 e. The highest BCUT2D eigenvalue weighted by Crippen LogP contribution is 2.29. The summed E-state index contributed by atoms with van der Waals surface area (Å²) in [6.45, 7) is 1.09. The number of guanidine groups is 1. The molecule has 1 amide bonds. The average Bonchev–Trinajstić information content (AvgIpc) is 2.69. The number of anilines is 2. The summed E-state index contributed by atoms with van der Waals surface area (Å²) < 4.78 is 5.59. The number of amides is 1. The van der Waals surface area contributed by atoms with E-state index < -0.39 is 5.91 Å². The Hall–Kier alpha value is -2.17. The zero-order valence-electron chi connectivity index (χ0n) is 16.4. The first-order valence-corrected chi connectivity index (χ1v) is 10.2. The number of aromatic nitrogens is 2. The molecule has 2 rings (SSSR count). The number of unbranched alkanes of at least 4 members (excludes halogenated alkanes) is 1. The van der Waals surface area contributed by atoms with Crippen molar-refractivity contribution in [1.82, 2.24) is 20.6 Å². The van der Waals surface area contributed by atoms with E-state index in [-0.39, 0.29) is 35.0 Å². The highest BCUT2D eigenvalue weighted by Gasteiger charge is 2.21. The number of aliphatic hydroxyl groups is 1. The van der Waals surface area contributed by atoms with Crippen LogP contribution in [0.5, 0.6) is 0 Å². The largest absolute Gasteiger partial charge is 0.394 e. The molecule has 8 N–H and O–H groups in total. The van der Waals surface area contributed by atoms with Crippen LogP contribution in [0.15, 0.2) is 0 Å². The fourth-order valence-corrected chi connectivity index (χ4v) is 3.53. The number of carbonyl (C=O) groups excluding carboxylic acids is 1. The van der Waals surface area contributed by atoms with Gasteiger partial charge in [-0.25, -0.2) is 9.97 Å². The number of nitrogens with one attached hydrogen (secondary N) is 3. The Morgan fingerprint density at radius 2 is 1.93 bits per heavy atom. The monoisotopic (exact) mass is 427 g/mol. The van der Waals surface area contributed by atoms with Crippen LogP contribution in [0.3, 0.4) is 0 Å². The van der Waals surface area contributed by atoms with E-state index in [1.54, 1.807) is 0 Å². The van der Waals surface area contributed by atoms with Crippen molar-refractivity contribution in [2.45, 2.75) is 51.0 Å². The van der Waals surface area contributed by atoms with Crippen LogP contribution < -0.4 is 22.1 Å². The van der Waals surface area contributed by atoms with Crippen molar-refractivity contribution in [3.8, 4) is 0 Å². The van der Waals surface area contributed by atoms with Gasteiger partial charge in [-0.3, -0.25) is 15.5 Å². The molecule has 1 aliphatic rings. The number of aliphatic hydroxyl groups excluding tert-OH is 1. The van der Waals surface area contributed by atoms with Gasteiger partial charge in [-0.2, -0.15) is 0 Å². The second kappa shape index (κ2) is 11.7. The number of nitrogens with zero attached hydrogens (tertiary/aromatic N) is 2. The second-order valence-corrected chi connectivity index (χ2v) is 7.48. The van der Waals surface area contributed by atoms with Gasteiger partial charge in [0.25, 0.3) is 5.91 Å². The first-order valence-electron chi connectivity index (χ1n) is 9.85. The number of nitrogen functional groups attached to an aromatic ring is 2. The lowest BCUT2D eigenvalue weighted by atomic mass is 9.84. The fraction of sp³-hybridized carbons (Fsp3) is 0.667. The molecular weight excluding hydrogens is 398 g/mol. The molecule has 1 saturated carbocycles. The maximum absolute atomic E-state index is 12.1. The molecule has 1 fully saturated rings. The minimum absolute atomic E-state index is 0.0555. The van der Waals surface area contributed by atoms with E-state index in [4.69, 9.17) is 38.3 Å². The molecule has 10 nitrogen and oxygen atoms in total. The van der Waals surface area contributed by atoms with Crippen molar-refractivity contribution in [2.24, 2.45) is 5.92 Å². The summed E-state index contributed by atoms with van der Waals surface area (Å²) in [7, 11) is 0. The van der Waals surface area contributed by atoms with Gasteiger partial charge in [0.15, 0.2) is 28.4 Å². The van der Waals surface area contributed by atoms with E-state index in [0.717, 1.165) is 44.9 Å². The molecular formula is C18H30ClN7O3. The summed E-state index contributed by atoms with van der Waals surface area (Å²) in [5.74, 6) is -0.297. The Bertz CT molecular complexity index is 696. The number of hydrogen-bond donors (Lipinski definition) is 6. The third kappa shape index (κ3) is 7.64. The number of hydrogen-bond acceptors (Lipinski definition) is 8. The molecule has 29 heavy (non-hydrogen) atoms. The second-order valence-electron chi connectivity index (χ2n) is 7.12. The summed E-state index contributed by atoms with van der Waals surface area (Å²) >= 11 is 5.76. The highest BCUT2D eigenvalue weighted by atomic mass is 35.5. The van der Waals surface area contributed by atoms with Crippen molar-refractivity contribution >= 4 is 35.1 Å². The van der Waals surface area contributed by atoms with Gasteiger partial charge < -0.3 is 26.6 Å². The quantitative estimate of drug-likeness (QED) is 0.194. The van der Waals surface area contributed by atoms with Crippen molar-refractivity contribution in [2.75, 3.05) is 31.2 Å². The number of halogens is 1. The lowest BCUT2D eigenvalue weighted by molar-refractivity contribution is -0.000311. The molecule has 0 aromatic carbocycles. The first-order chi connectivity index (χ1) is 13.9. The SMILES string of the molecule is N=C(NCCCCC1CCC(OCCO)CC1)NC(=O)c1nc(Cl)c(N)nc1N. The van der Waals surface area contributed by atoms with Gasteiger partial charge in [0.1, 0.15) is 0 Å². The minimum Gasteiger partial charge on any atom is -0.394 e. The molecule has 0 unspecified atom stereocenters. The fourth-order valence-electron chi connectivity index (χ4n) is 3.40. The molecule has 1 aromatic rings. The number of nitrogens with two attached hydrogens (primary N) is 2. The molecule has 1 aliphatic carbocycles. The van der Waals surface area contributed by atoms with Crippen molar-refractivity contribution in [1.29, 1.82) is 5.41 Å². The molecule has 0 aliphatic heterocycles. The van der Waals surface area contributed by atoms with E-state index in [1.165, 1.54) is 0 Å². The number of carbonyl (C=O) groups is 1. The average molecular weight is 428 g/mol. The molecule has 1 heterocycles. The van der Waals surface area contributed by atoms with Crippen LogP contribution in [0.1, 0.15) is 55.4 Å². The van der Waals surface area contributed by atoms with Gasteiger partial charge >= 0.3 is 0 Å². The van der Waals surface area contributed by atoms with Gasteiger partial charge in [-0.05, 0) is 38.0 Å². The van der Waals surface area contributed by atoms with Crippen molar-refractivity contribution < 1.29 is 14.6 Å². The van der Waals surface area contributed by atoms with E-state index in [2.05, 4.69) is 20.6 Å². The van der Waals surface area contributed by atoms with E-state index in [9.17, 15) is 4.79 Å². The van der Waals surface area contributed by atoms with Gasteiger partial charge in [0, 0.05) is 6.54 Å². The third-order valence-electron chi connectivity index (χ3n) is 4.94. The summed E-state index contributed by atoms with van der Waals surface area (Å²) in [5, 5.41) is 21.7. The Morgan fingerprint density at radius 3 is 2.62 bits per heavy atom. The summed E-state index contributed by atoms with van der Waals surface area (Å²) in [6, 6.07) is 0. The van der Waals surface area contributed by atoms with Crippen molar-refractivity contribution in [3.05, 3.63) is 10.8 Å². The van der Waals surface area contributed by atoms with Crippen LogP contribution in [0, 0.1) is 11.3 Å². The van der Waals surface area contributed by atoms with Gasteiger partial charge in [0.2, 0.25) is 0 Å². The van der Waals surface area contributed by atoms with Crippen LogP contribution in [0.2, 0.25) is 5.15 Å². The summed E-state index contributed by atoms with van der Waals surface area (Å²) in [6.07, 6.45) is 7.80. The van der Waals surface area contributed by atoms with E-state index in [1.807, 2.05) is 0 Å². The van der Waals surface area contributed by atoms with Gasteiger partial charge in [0.05, 0.1) is 19.3 Å². The van der Waals surface area contributed by atoms with E-state index >= 15 is 0 Å². The summed E-state index contributed by atoms with van der Waals surface area (Å²) in [5.41, 5.74) is 10.9. The molecule has 1 aromatic heterocycles. The normalized spacial score (nSPS) is 19.0. The highest BCUT2D eigenvalue weighted by molar-refractivity contribution is 6.31. The molecule has 0 saturated heterocycles. The molecule has 162 valence electrons. The topological polar surface area (TPSA) is 172 Å². The molecule has 0 bridgehead atoms. The smallest absolute Gasteiger partial charge is 0.280 e. The molecule has 0 spiro atoms. The Balaban J connectivity index is 1.59. The predicted molar refractivity (Wildman–Crippen MR) is 112 cm³/mol. The van der Waals surface area contributed by atoms with Gasteiger partial charge in [-0.15, -0.1) is 0 Å². The van der Waals surface area contributed by atoms with Crippen molar-refractivity contribution in [3.63, 3.8) is 0 Å². The van der Waals surface area contributed by atoms with Crippen LogP contribution >= 0.6 is 11.6 Å². The van der Waals surface area contributed by atoms with Crippen LogP contribution in [0.4, 0.5) is 11.6 Å². The Kier molecular flexibility index (Phi) is 9.36. The lowest BCUT2D eigenvalue weighted by Crippen LogP contribution is -2.41. The standard InChI is InChI=1S/C18H30ClN7O3/c19-14-16(21)25-15(20)13(24-14)17(28)26-18(22)23-8-2-1-3-11-4-6-12(7-5-11)29-10-9-27/h11-12,27H,1-10H2,(H4,20,21,25)(H3,22,23,26,28). The number of rotatable bonds is 9. The minimum atomic E-state index is -0.672. The Morgan fingerprint density at radius 1 is 1.21 bits per heavy atom. The zero-order chi connectivity index (χ0) is 21.2. The zero-order valence-corrected chi connectivity index (χ0v) is 17.2. The number of ether oxygens (including phenoxy) is 1. The van der Waals surface area contributed by atoms with Crippen LogP contribution in [-0.2, 0) is 4.74 Å². The Labute approximate surface area is 175 Å². The first kappa shape index (κ1) is 23.1. The molecule has 0 radical (unpaired) electrons. The summed E-state index contributed by atoms with van der Waals surface area (Å²) in [4.78, 5) is 19.7. The van der Waals surface area contributed by atoms with E-state index in [0.29, 0.717) is 25.2 Å². The van der Waals surface area contributed by atoms with Crippen LogP contribution in [-0.4, -0.2) is 52.8 Å². The molecule has 0 atom stereocenters. The van der Waals surface area contributed by atoms with Crippen LogP contribution in [0.25, 0.3) is 0 Å². The predicted octanol–water partition coefficient (Wildman–Crippen LogP) is 1.29. The van der Waals surface area contributed by atoms with Gasteiger partial charge in [-0.1, -0.05) is 24.4 Å². The molecule has 11 heteroatoms.